The van der Waals surface area contributed by atoms with Gasteiger partial charge in [-0.1, -0.05) is 90.3 Å². The van der Waals surface area contributed by atoms with E-state index >= 15 is 0 Å². The molecule has 0 rings (SSSR count). The minimum atomic E-state index is -3.84. The van der Waals surface area contributed by atoms with Gasteiger partial charge in [-0.2, -0.15) is 0 Å². The van der Waals surface area contributed by atoms with Crippen LogP contribution >= 0.6 is 12.2 Å². The molecular weight excluding hydrogens is 344 g/mol. The van der Waals surface area contributed by atoms with Crippen molar-refractivity contribution in [3.63, 3.8) is 0 Å². The number of carbonyl (C=O) groups is 1. The van der Waals surface area contributed by atoms with Gasteiger partial charge >= 0.3 is 5.97 Å². The standard InChI is InChI=1S/C18H34O4S2/c1-3-5-6-7-8-9-10-11-12-13-15-17(23)24(21,22)16(14-4-2)18(19)20/h16H,3-15H2,1-2H3,(H,19,20). The normalized spacial score (nSPS) is 12.9. The van der Waals surface area contributed by atoms with Gasteiger partial charge in [0.05, 0.1) is 0 Å². The molecule has 0 aliphatic rings. The predicted molar refractivity (Wildman–Crippen MR) is 104 cm³/mol. The topological polar surface area (TPSA) is 71.4 Å². The van der Waals surface area contributed by atoms with Crippen LogP contribution in [0.2, 0.25) is 0 Å². The van der Waals surface area contributed by atoms with Gasteiger partial charge in [0, 0.05) is 0 Å². The molecule has 1 atom stereocenters. The molecule has 1 N–H and O–H groups in total. The van der Waals surface area contributed by atoms with Crippen LogP contribution in [0.15, 0.2) is 0 Å². The third-order valence-electron chi connectivity index (χ3n) is 4.25. The average Bonchev–Trinajstić information content (AvgIpc) is 2.53. The molecule has 0 aromatic carbocycles. The van der Waals surface area contributed by atoms with Crippen LogP contribution in [0, 0.1) is 0 Å². The van der Waals surface area contributed by atoms with Crippen LogP contribution in [0.3, 0.4) is 0 Å². The largest absolute Gasteiger partial charge is 0.480 e. The molecule has 0 amide bonds. The van der Waals surface area contributed by atoms with E-state index in [9.17, 15) is 13.2 Å². The molecule has 0 spiro atoms. The highest BCUT2D eigenvalue weighted by molar-refractivity contribution is 8.18. The van der Waals surface area contributed by atoms with Gasteiger partial charge in [-0.25, -0.2) is 8.42 Å². The maximum Gasteiger partial charge on any atom is 0.322 e. The Morgan fingerprint density at radius 1 is 0.875 bits per heavy atom. The summed E-state index contributed by atoms with van der Waals surface area (Å²) in [6.07, 6.45) is 12.6. The van der Waals surface area contributed by atoms with E-state index in [4.69, 9.17) is 17.3 Å². The second kappa shape index (κ2) is 13.8. The van der Waals surface area contributed by atoms with Crippen molar-refractivity contribution >= 4 is 32.2 Å². The third kappa shape index (κ3) is 9.72. The lowest BCUT2D eigenvalue weighted by Crippen LogP contribution is -2.34. The van der Waals surface area contributed by atoms with Crippen molar-refractivity contribution in [1.82, 2.24) is 0 Å². The summed E-state index contributed by atoms with van der Waals surface area (Å²) in [5, 5.41) is 7.72. The summed E-state index contributed by atoms with van der Waals surface area (Å²) in [4.78, 5) is 11.1. The number of carboxylic acid groups (broad SMARTS) is 1. The van der Waals surface area contributed by atoms with Crippen molar-refractivity contribution < 1.29 is 18.3 Å². The van der Waals surface area contributed by atoms with E-state index in [0.29, 0.717) is 12.8 Å². The Balaban J connectivity index is 3.94. The summed E-state index contributed by atoms with van der Waals surface area (Å²) in [5.41, 5.74) is 0. The van der Waals surface area contributed by atoms with Crippen LogP contribution in [0.5, 0.6) is 0 Å². The predicted octanol–water partition coefficient (Wildman–Crippen LogP) is 5.29. The van der Waals surface area contributed by atoms with Crippen molar-refractivity contribution in [2.45, 2.75) is 103 Å². The van der Waals surface area contributed by atoms with Gasteiger partial charge in [-0.05, 0) is 19.3 Å². The fraction of sp³-hybridized carbons (Fsp3) is 0.889. The molecule has 0 fully saturated rings. The highest BCUT2D eigenvalue weighted by atomic mass is 32.2. The number of rotatable bonds is 15. The number of sulfone groups is 1. The van der Waals surface area contributed by atoms with E-state index in [1.54, 1.807) is 6.92 Å². The number of hydrogen-bond acceptors (Lipinski definition) is 4. The first-order valence-corrected chi connectivity index (χ1v) is 11.3. The van der Waals surface area contributed by atoms with Crippen molar-refractivity contribution in [3.05, 3.63) is 0 Å². The molecule has 4 nitrogen and oxygen atoms in total. The molecule has 0 aromatic rings. The van der Waals surface area contributed by atoms with Gasteiger partial charge in [0.2, 0.25) is 0 Å². The lowest BCUT2D eigenvalue weighted by atomic mass is 10.1. The molecule has 6 heteroatoms. The second-order valence-electron chi connectivity index (χ2n) is 6.46. The molecule has 0 aromatic heterocycles. The summed E-state index contributed by atoms with van der Waals surface area (Å²) in [5.74, 6) is -1.29. The lowest BCUT2D eigenvalue weighted by Gasteiger charge is -2.13. The lowest BCUT2D eigenvalue weighted by molar-refractivity contribution is -0.136. The SMILES string of the molecule is CCCCCCCCCCCCC(=S)S(=O)(=O)C(CCC)C(=O)O. The molecule has 0 aliphatic carbocycles. The Morgan fingerprint density at radius 3 is 1.75 bits per heavy atom. The highest BCUT2D eigenvalue weighted by Gasteiger charge is 2.34. The van der Waals surface area contributed by atoms with Crippen molar-refractivity contribution in [3.8, 4) is 0 Å². The van der Waals surface area contributed by atoms with Gasteiger partial charge in [0.1, 0.15) is 4.20 Å². The van der Waals surface area contributed by atoms with Crippen LogP contribution < -0.4 is 0 Å². The minimum Gasteiger partial charge on any atom is -0.480 e. The van der Waals surface area contributed by atoms with Crippen LogP contribution in [0.4, 0.5) is 0 Å². The molecular formula is C18H34O4S2. The van der Waals surface area contributed by atoms with Crippen molar-refractivity contribution in [1.29, 1.82) is 0 Å². The molecule has 0 radical (unpaired) electrons. The fourth-order valence-electron chi connectivity index (χ4n) is 2.73. The number of aliphatic carboxylic acids is 1. The van der Waals surface area contributed by atoms with E-state index in [-0.39, 0.29) is 10.6 Å². The summed E-state index contributed by atoms with van der Waals surface area (Å²) in [7, 11) is -3.84. The zero-order chi connectivity index (χ0) is 18.4. The van der Waals surface area contributed by atoms with Crippen molar-refractivity contribution in [2.24, 2.45) is 0 Å². The average molecular weight is 379 g/mol. The minimum absolute atomic E-state index is 0.0806. The molecule has 0 heterocycles. The molecule has 0 saturated carbocycles. The quantitative estimate of drug-likeness (QED) is 0.309. The molecule has 24 heavy (non-hydrogen) atoms. The molecule has 142 valence electrons. The first-order chi connectivity index (χ1) is 11.4. The van der Waals surface area contributed by atoms with Crippen molar-refractivity contribution in [2.75, 3.05) is 0 Å². The van der Waals surface area contributed by atoms with Crippen LogP contribution in [-0.4, -0.2) is 28.9 Å². The first kappa shape index (κ1) is 23.5. The van der Waals surface area contributed by atoms with Gasteiger partial charge in [0.15, 0.2) is 15.1 Å². The summed E-state index contributed by atoms with van der Waals surface area (Å²) >= 11 is 5.01. The molecule has 1 unspecified atom stereocenters. The Kier molecular flexibility index (Phi) is 13.5. The number of thiocarbonyl (C=S) groups is 1. The van der Waals surface area contributed by atoms with E-state index in [0.717, 1.165) is 19.3 Å². The fourth-order valence-corrected chi connectivity index (χ4v) is 4.78. The second-order valence-corrected chi connectivity index (χ2v) is 9.37. The Hall–Kier alpha value is -0.490. The molecule has 0 saturated heterocycles. The van der Waals surface area contributed by atoms with E-state index in [1.807, 2.05) is 0 Å². The van der Waals surface area contributed by atoms with Gasteiger partial charge in [-0.15, -0.1) is 0 Å². The zero-order valence-corrected chi connectivity index (χ0v) is 16.9. The maximum atomic E-state index is 12.2. The van der Waals surface area contributed by atoms with E-state index in [1.165, 1.54) is 44.9 Å². The molecule has 0 bridgehead atoms. The van der Waals surface area contributed by atoms with Crippen LogP contribution in [0.25, 0.3) is 0 Å². The summed E-state index contributed by atoms with van der Waals surface area (Å²) in [6.45, 7) is 3.99. The third-order valence-corrected chi connectivity index (χ3v) is 7.18. The van der Waals surface area contributed by atoms with E-state index < -0.39 is 21.1 Å². The summed E-state index contributed by atoms with van der Waals surface area (Å²) in [6, 6.07) is 0. The van der Waals surface area contributed by atoms with Gasteiger partial charge in [0.25, 0.3) is 0 Å². The zero-order valence-electron chi connectivity index (χ0n) is 15.3. The van der Waals surface area contributed by atoms with Gasteiger partial charge < -0.3 is 5.11 Å². The van der Waals surface area contributed by atoms with Crippen LogP contribution in [-0.2, 0) is 14.6 Å². The Labute approximate surface area is 153 Å². The van der Waals surface area contributed by atoms with E-state index in [2.05, 4.69) is 6.92 Å². The van der Waals surface area contributed by atoms with Crippen LogP contribution in [0.1, 0.15) is 97.3 Å². The highest BCUT2D eigenvalue weighted by Crippen LogP contribution is 2.17. The molecule has 0 aliphatic heterocycles. The number of hydrogen-bond donors (Lipinski definition) is 1. The monoisotopic (exact) mass is 378 g/mol. The number of carboxylic acids is 1. The smallest absolute Gasteiger partial charge is 0.322 e. The maximum absolute atomic E-state index is 12.2. The summed E-state index contributed by atoms with van der Waals surface area (Å²) < 4.78 is 24.4. The first-order valence-electron chi connectivity index (χ1n) is 9.37. The Morgan fingerprint density at radius 2 is 1.33 bits per heavy atom. The number of unbranched alkanes of at least 4 members (excludes halogenated alkanes) is 9. The van der Waals surface area contributed by atoms with Gasteiger partial charge in [-0.3, -0.25) is 4.79 Å². The Bertz CT molecular complexity index is 458.